The lowest BCUT2D eigenvalue weighted by Crippen LogP contribution is -2.56. The fraction of sp³-hybridized carbons (Fsp3) is 0.333. The van der Waals surface area contributed by atoms with Gasteiger partial charge in [-0.15, -0.1) is 11.6 Å². The van der Waals surface area contributed by atoms with Crippen molar-refractivity contribution in [2.75, 3.05) is 11.2 Å². The summed E-state index contributed by atoms with van der Waals surface area (Å²) in [6.45, 7) is 1.95. The normalized spacial score (nSPS) is 12.5. The molecule has 0 fully saturated rings. The molecule has 0 aliphatic heterocycles. The average Bonchev–Trinajstić information content (AvgIpc) is 2.40. The number of thiocarbonyl (C=S) groups is 1. The first-order valence-electron chi connectivity index (χ1n) is 5.99. The molecule has 0 aliphatic carbocycles. The van der Waals surface area contributed by atoms with E-state index in [1.54, 1.807) is 0 Å². The number of hydrogen-bond donors (Lipinski definition) is 3. The van der Waals surface area contributed by atoms with Crippen LogP contribution in [0.15, 0.2) is 21.1 Å². The molecule has 0 spiro atoms. The summed E-state index contributed by atoms with van der Waals surface area (Å²) in [5.41, 5.74) is 1.75. The van der Waals surface area contributed by atoms with E-state index in [9.17, 15) is 4.79 Å². The third kappa shape index (κ3) is 7.10. The number of nitrogens with one attached hydrogen (secondary N) is 3. The largest absolute Gasteiger partial charge is 0.339 e. The number of carbonyl (C=O) groups excluding carboxylic acids is 1. The summed E-state index contributed by atoms with van der Waals surface area (Å²) in [6, 6.07) is 3.83. The van der Waals surface area contributed by atoms with E-state index < -0.39 is 15.9 Å². The maximum absolute atomic E-state index is 11.4. The van der Waals surface area contributed by atoms with Gasteiger partial charge in [0.2, 0.25) is 9.70 Å². The minimum absolute atomic E-state index is 0.154. The SMILES string of the molecule is Cc1cc(Br)c(NC(=S)N[C@@H](NC(=O)CCl)C(Cl)(Cl)Cl)c(Br)c1. The summed E-state index contributed by atoms with van der Waals surface area (Å²) < 4.78 is -0.234. The topological polar surface area (TPSA) is 53.2 Å². The fourth-order valence-electron chi connectivity index (χ4n) is 1.50. The lowest BCUT2D eigenvalue weighted by molar-refractivity contribution is -0.119. The van der Waals surface area contributed by atoms with Crippen LogP contribution in [0.25, 0.3) is 0 Å². The van der Waals surface area contributed by atoms with Gasteiger partial charge < -0.3 is 16.0 Å². The number of carbonyl (C=O) groups is 1. The van der Waals surface area contributed by atoms with Crippen molar-refractivity contribution >= 4 is 107 Å². The molecule has 0 aliphatic rings. The Kier molecular flexibility index (Phi) is 8.68. The van der Waals surface area contributed by atoms with Crippen LogP contribution in [0.2, 0.25) is 0 Å². The number of alkyl halides is 4. The number of aryl methyl sites for hydroxylation is 1. The molecular weight excluding hydrogens is 536 g/mol. The zero-order chi connectivity index (χ0) is 17.8. The molecular formula is C12H11Br2Cl4N3OS. The highest BCUT2D eigenvalue weighted by Gasteiger charge is 2.34. The van der Waals surface area contributed by atoms with Gasteiger partial charge in [0.1, 0.15) is 12.0 Å². The number of rotatable bonds is 4. The van der Waals surface area contributed by atoms with E-state index in [0.29, 0.717) is 5.69 Å². The molecule has 1 amide bonds. The van der Waals surface area contributed by atoms with Gasteiger partial charge in [-0.2, -0.15) is 0 Å². The number of anilines is 1. The molecule has 23 heavy (non-hydrogen) atoms. The molecule has 0 unspecified atom stereocenters. The van der Waals surface area contributed by atoms with Gasteiger partial charge in [-0.3, -0.25) is 4.79 Å². The lowest BCUT2D eigenvalue weighted by atomic mass is 10.2. The van der Waals surface area contributed by atoms with Gasteiger partial charge in [0, 0.05) is 8.95 Å². The summed E-state index contributed by atoms with van der Waals surface area (Å²) >= 11 is 35.0. The number of hydrogen-bond acceptors (Lipinski definition) is 2. The Labute approximate surface area is 176 Å². The molecule has 1 aromatic carbocycles. The van der Waals surface area contributed by atoms with Gasteiger partial charge in [0.05, 0.1) is 5.69 Å². The summed E-state index contributed by atoms with van der Waals surface area (Å²) in [4.78, 5) is 11.4. The van der Waals surface area contributed by atoms with Crippen molar-refractivity contribution in [2.45, 2.75) is 16.9 Å². The monoisotopic (exact) mass is 543 g/mol. The van der Waals surface area contributed by atoms with Crippen LogP contribution in [-0.4, -0.2) is 26.9 Å². The van der Waals surface area contributed by atoms with Gasteiger partial charge in [-0.05, 0) is 68.7 Å². The maximum Gasteiger partial charge on any atom is 0.236 e. The first-order chi connectivity index (χ1) is 10.5. The van der Waals surface area contributed by atoms with Gasteiger partial charge in [-0.1, -0.05) is 34.8 Å². The third-order valence-corrected chi connectivity index (χ3v) is 4.82. The second-order valence-electron chi connectivity index (χ2n) is 4.38. The van der Waals surface area contributed by atoms with E-state index in [1.807, 2.05) is 19.1 Å². The standard InChI is InChI=1S/C12H11Br2Cl4N3OS/c1-5-2-6(13)9(7(14)3-5)20-11(23)21-10(12(16,17)18)19-8(22)4-15/h2-3,10H,4H2,1H3,(H,19,22)(H2,20,21,23)/t10-/m1/s1. The summed E-state index contributed by atoms with van der Waals surface area (Å²) in [6.07, 6.45) is -1.05. The average molecular weight is 547 g/mol. The lowest BCUT2D eigenvalue weighted by Gasteiger charge is -2.27. The van der Waals surface area contributed by atoms with Crippen molar-refractivity contribution in [2.24, 2.45) is 0 Å². The maximum atomic E-state index is 11.4. The van der Waals surface area contributed by atoms with E-state index >= 15 is 0 Å². The predicted octanol–water partition coefficient (Wildman–Crippen LogP) is 4.86. The fourth-order valence-corrected chi connectivity index (χ4v) is 3.74. The van der Waals surface area contributed by atoms with Crippen LogP contribution in [0.1, 0.15) is 5.56 Å². The first-order valence-corrected chi connectivity index (χ1v) is 9.66. The van der Waals surface area contributed by atoms with E-state index in [4.69, 9.17) is 58.6 Å². The van der Waals surface area contributed by atoms with Crippen molar-refractivity contribution in [3.05, 3.63) is 26.6 Å². The van der Waals surface area contributed by atoms with Crippen molar-refractivity contribution < 1.29 is 4.79 Å². The van der Waals surface area contributed by atoms with Crippen LogP contribution in [0.5, 0.6) is 0 Å². The molecule has 0 heterocycles. The van der Waals surface area contributed by atoms with E-state index in [1.165, 1.54) is 0 Å². The highest BCUT2D eigenvalue weighted by Crippen LogP contribution is 2.33. The second kappa shape index (κ2) is 9.27. The Balaban J connectivity index is 2.86. The van der Waals surface area contributed by atoms with E-state index in [0.717, 1.165) is 14.5 Å². The third-order valence-electron chi connectivity index (χ3n) is 2.45. The number of benzene rings is 1. The van der Waals surface area contributed by atoms with Crippen molar-refractivity contribution in [3.63, 3.8) is 0 Å². The van der Waals surface area contributed by atoms with Crippen molar-refractivity contribution in [1.82, 2.24) is 10.6 Å². The Morgan fingerprint density at radius 2 is 1.78 bits per heavy atom. The Morgan fingerprint density at radius 1 is 1.26 bits per heavy atom. The number of amides is 1. The molecule has 11 heteroatoms. The molecule has 1 atom stereocenters. The molecule has 4 nitrogen and oxygen atoms in total. The summed E-state index contributed by atoms with van der Waals surface area (Å²) in [5.74, 6) is -0.773. The molecule has 0 bridgehead atoms. The predicted molar refractivity (Wildman–Crippen MR) is 109 cm³/mol. The zero-order valence-corrected chi connectivity index (χ0v) is 18.5. The molecule has 128 valence electrons. The van der Waals surface area contributed by atoms with Gasteiger partial charge >= 0.3 is 0 Å². The van der Waals surface area contributed by atoms with E-state index in [-0.39, 0.29) is 11.0 Å². The second-order valence-corrected chi connectivity index (χ2v) is 9.13. The number of halogens is 6. The van der Waals surface area contributed by atoms with Crippen molar-refractivity contribution in [1.29, 1.82) is 0 Å². The van der Waals surface area contributed by atoms with Gasteiger partial charge in [0.25, 0.3) is 0 Å². The van der Waals surface area contributed by atoms with Crippen LogP contribution < -0.4 is 16.0 Å². The Bertz CT molecular complexity index is 589. The zero-order valence-electron chi connectivity index (χ0n) is 11.5. The smallest absolute Gasteiger partial charge is 0.236 e. The van der Waals surface area contributed by atoms with Crippen LogP contribution in [0, 0.1) is 6.92 Å². The Morgan fingerprint density at radius 3 is 2.22 bits per heavy atom. The molecule has 3 N–H and O–H groups in total. The van der Waals surface area contributed by atoms with Crippen LogP contribution >= 0.6 is 90.5 Å². The minimum Gasteiger partial charge on any atom is -0.339 e. The highest BCUT2D eigenvalue weighted by atomic mass is 79.9. The quantitative estimate of drug-likeness (QED) is 0.287. The molecule has 0 radical (unpaired) electrons. The van der Waals surface area contributed by atoms with E-state index in [2.05, 4.69) is 47.8 Å². The summed E-state index contributed by atoms with van der Waals surface area (Å²) in [7, 11) is 0. The molecule has 0 aromatic heterocycles. The van der Waals surface area contributed by atoms with Gasteiger partial charge in [-0.25, -0.2) is 0 Å². The molecule has 1 aromatic rings. The van der Waals surface area contributed by atoms with Gasteiger partial charge in [0.15, 0.2) is 5.11 Å². The van der Waals surface area contributed by atoms with Crippen LogP contribution in [0.3, 0.4) is 0 Å². The molecule has 0 saturated carbocycles. The first kappa shape index (κ1) is 21.5. The molecule has 0 saturated heterocycles. The Hall–Kier alpha value is 0.500. The van der Waals surface area contributed by atoms with Crippen LogP contribution in [-0.2, 0) is 4.79 Å². The van der Waals surface area contributed by atoms with Crippen LogP contribution in [0.4, 0.5) is 5.69 Å². The molecule has 1 rings (SSSR count). The van der Waals surface area contributed by atoms with Crippen molar-refractivity contribution in [3.8, 4) is 0 Å². The highest BCUT2D eigenvalue weighted by molar-refractivity contribution is 9.11. The summed E-state index contributed by atoms with van der Waals surface area (Å²) in [5, 5.41) is 8.28. The minimum atomic E-state index is -1.82.